The minimum absolute atomic E-state index is 0.193. The molecule has 1 unspecified atom stereocenters. The van der Waals surface area contributed by atoms with Crippen LogP contribution in [0.5, 0.6) is 0 Å². The van der Waals surface area contributed by atoms with Crippen molar-refractivity contribution in [3.05, 3.63) is 66.2 Å². The van der Waals surface area contributed by atoms with E-state index in [1.807, 2.05) is 0 Å². The third-order valence-corrected chi connectivity index (χ3v) is 3.00. The number of allylic oxidation sites excluding steroid dienone is 2. The van der Waals surface area contributed by atoms with E-state index in [0.717, 1.165) is 0 Å². The predicted octanol–water partition coefficient (Wildman–Crippen LogP) is 0.702. The topological polar surface area (TPSA) is 88.2 Å². The third-order valence-electron chi connectivity index (χ3n) is 3.00. The number of aliphatic hydroxyl groups is 1. The van der Waals surface area contributed by atoms with Crippen molar-refractivity contribution in [2.24, 2.45) is 5.73 Å². The maximum atomic E-state index is 12.0. The summed E-state index contributed by atoms with van der Waals surface area (Å²) in [5, 5.41) is 13.2. The minimum Gasteiger partial charge on any atom is -0.404 e. The van der Waals surface area contributed by atoms with Gasteiger partial charge in [0.25, 0.3) is 5.91 Å². The lowest BCUT2D eigenvalue weighted by atomic mass is 9.87. The number of rotatable bonds is 2. The van der Waals surface area contributed by atoms with Gasteiger partial charge in [0.15, 0.2) is 5.72 Å². The van der Waals surface area contributed by atoms with Crippen LogP contribution in [0.25, 0.3) is 0 Å². The monoisotopic (exact) mass is 257 g/mol. The number of aromatic nitrogens is 1. The standard InChI is InChI=1S/C14H15N3O2/c1-2-3-12-10(9-15)8-14(19,17-13(12)18)11-4-6-16-7-5-11/h2-7,9,19H,1,8,15H2,(H,17,18)/b10-9-,12-3+. The number of piperidine rings is 1. The summed E-state index contributed by atoms with van der Waals surface area (Å²) in [4.78, 5) is 15.9. The fourth-order valence-electron chi connectivity index (χ4n) is 2.07. The highest BCUT2D eigenvalue weighted by atomic mass is 16.3. The largest absolute Gasteiger partial charge is 0.404 e. The van der Waals surface area contributed by atoms with Crippen LogP contribution in [0.1, 0.15) is 12.0 Å². The predicted molar refractivity (Wildman–Crippen MR) is 71.4 cm³/mol. The molecule has 1 fully saturated rings. The highest BCUT2D eigenvalue weighted by molar-refractivity contribution is 5.99. The minimum atomic E-state index is -1.47. The maximum Gasteiger partial charge on any atom is 0.254 e. The van der Waals surface area contributed by atoms with E-state index >= 15 is 0 Å². The number of hydrogen-bond donors (Lipinski definition) is 3. The second kappa shape index (κ2) is 5.07. The van der Waals surface area contributed by atoms with E-state index in [9.17, 15) is 9.90 Å². The molecule has 0 radical (unpaired) electrons. The number of nitrogens with zero attached hydrogens (tertiary/aromatic N) is 1. The van der Waals surface area contributed by atoms with Gasteiger partial charge in [0.05, 0.1) is 0 Å². The molecule has 4 N–H and O–H groups in total. The van der Waals surface area contributed by atoms with Crippen LogP contribution in [0.2, 0.25) is 0 Å². The molecule has 0 aromatic carbocycles. The zero-order valence-electron chi connectivity index (χ0n) is 10.3. The van der Waals surface area contributed by atoms with Gasteiger partial charge in [0, 0.05) is 30.0 Å². The summed E-state index contributed by atoms with van der Waals surface area (Å²) in [7, 11) is 0. The summed E-state index contributed by atoms with van der Waals surface area (Å²) in [6, 6.07) is 3.30. The molecule has 0 aliphatic carbocycles. The first-order valence-corrected chi connectivity index (χ1v) is 5.80. The summed E-state index contributed by atoms with van der Waals surface area (Å²) in [6.45, 7) is 3.56. The van der Waals surface area contributed by atoms with Gasteiger partial charge in [0.1, 0.15) is 0 Å². The molecule has 1 amide bonds. The summed E-state index contributed by atoms with van der Waals surface area (Å²) in [5.74, 6) is -0.387. The molecule has 0 spiro atoms. The van der Waals surface area contributed by atoms with Gasteiger partial charge in [0.2, 0.25) is 0 Å². The molecule has 0 bridgehead atoms. The smallest absolute Gasteiger partial charge is 0.254 e. The third kappa shape index (κ3) is 2.41. The summed E-state index contributed by atoms with van der Waals surface area (Å²) < 4.78 is 0. The number of carbonyl (C=O) groups is 1. The molecule has 1 aromatic rings. The molecule has 1 aliphatic heterocycles. The van der Waals surface area contributed by atoms with Crippen molar-refractivity contribution < 1.29 is 9.90 Å². The molecular formula is C14H15N3O2. The molecule has 1 saturated heterocycles. The SMILES string of the molecule is C=C/C=C1/C(=O)NC(O)(c2ccncc2)C/C1=C/N. The van der Waals surface area contributed by atoms with Crippen molar-refractivity contribution in [3.8, 4) is 0 Å². The second-order valence-electron chi connectivity index (χ2n) is 4.24. The Hall–Kier alpha value is -2.40. The van der Waals surface area contributed by atoms with Crippen LogP contribution in [0.4, 0.5) is 0 Å². The van der Waals surface area contributed by atoms with Crippen LogP contribution in [0.15, 0.2) is 60.6 Å². The van der Waals surface area contributed by atoms with Gasteiger partial charge in [-0.15, -0.1) is 0 Å². The first-order chi connectivity index (χ1) is 9.10. The lowest BCUT2D eigenvalue weighted by molar-refractivity contribution is -0.127. The van der Waals surface area contributed by atoms with Crippen LogP contribution < -0.4 is 11.1 Å². The molecule has 98 valence electrons. The fraction of sp³-hybridized carbons (Fsp3) is 0.143. The zero-order chi connectivity index (χ0) is 13.9. The Morgan fingerprint density at radius 3 is 2.74 bits per heavy atom. The average Bonchev–Trinajstić information content (AvgIpc) is 2.43. The number of pyridine rings is 1. The van der Waals surface area contributed by atoms with E-state index in [-0.39, 0.29) is 12.3 Å². The van der Waals surface area contributed by atoms with Crippen molar-refractivity contribution in [1.29, 1.82) is 0 Å². The number of hydrogen-bond acceptors (Lipinski definition) is 4. The van der Waals surface area contributed by atoms with Gasteiger partial charge in [-0.25, -0.2) is 0 Å². The number of nitrogens with one attached hydrogen (secondary N) is 1. The first-order valence-electron chi connectivity index (χ1n) is 5.80. The van der Waals surface area contributed by atoms with Gasteiger partial charge < -0.3 is 16.2 Å². The van der Waals surface area contributed by atoms with E-state index in [0.29, 0.717) is 16.7 Å². The molecule has 1 atom stereocenters. The Bertz CT molecular complexity index is 563. The summed E-state index contributed by atoms with van der Waals surface area (Å²) in [6.07, 6.45) is 7.72. The van der Waals surface area contributed by atoms with Crippen molar-refractivity contribution in [2.75, 3.05) is 0 Å². The molecule has 1 aromatic heterocycles. The summed E-state index contributed by atoms with van der Waals surface area (Å²) in [5.41, 5.74) is 5.62. The van der Waals surface area contributed by atoms with Crippen LogP contribution in [0.3, 0.4) is 0 Å². The van der Waals surface area contributed by atoms with Crippen molar-refractivity contribution >= 4 is 5.91 Å². The van der Waals surface area contributed by atoms with E-state index in [1.54, 1.807) is 30.6 Å². The Labute approximate surface area is 111 Å². The molecule has 5 heteroatoms. The van der Waals surface area contributed by atoms with Crippen LogP contribution in [0, 0.1) is 0 Å². The molecule has 5 nitrogen and oxygen atoms in total. The van der Waals surface area contributed by atoms with E-state index < -0.39 is 5.72 Å². The normalized spacial score (nSPS) is 27.3. The molecule has 2 rings (SSSR count). The molecular weight excluding hydrogens is 242 g/mol. The van der Waals surface area contributed by atoms with E-state index in [1.165, 1.54) is 12.3 Å². The van der Waals surface area contributed by atoms with Crippen LogP contribution in [-0.4, -0.2) is 16.0 Å². The second-order valence-corrected chi connectivity index (χ2v) is 4.24. The fourth-order valence-corrected chi connectivity index (χ4v) is 2.07. The van der Waals surface area contributed by atoms with Crippen molar-refractivity contribution in [2.45, 2.75) is 12.1 Å². The molecule has 1 aliphatic rings. The van der Waals surface area contributed by atoms with Gasteiger partial charge in [-0.2, -0.15) is 0 Å². The Balaban J connectivity index is 2.41. The maximum absolute atomic E-state index is 12.0. The van der Waals surface area contributed by atoms with E-state index in [2.05, 4.69) is 16.9 Å². The van der Waals surface area contributed by atoms with Gasteiger partial charge >= 0.3 is 0 Å². The van der Waals surface area contributed by atoms with Gasteiger partial charge in [-0.3, -0.25) is 9.78 Å². The number of nitrogens with two attached hydrogens (primary N) is 1. The lowest BCUT2D eigenvalue weighted by Crippen LogP contribution is -2.50. The molecule has 19 heavy (non-hydrogen) atoms. The van der Waals surface area contributed by atoms with Gasteiger partial charge in [-0.1, -0.05) is 12.7 Å². The highest BCUT2D eigenvalue weighted by Crippen LogP contribution is 2.33. The van der Waals surface area contributed by atoms with Crippen LogP contribution in [-0.2, 0) is 10.5 Å². The Morgan fingerprint density at radius 1 is 1.47 bits per heavy atom. The Kier molecular flexibility index (Phi) is 3.48. The van der Waals surface area contributed by atoms with Gasteiger partial charge in [-0.05, 0) is 30.0 Å². The average molecular weight is 257 g/mol. The number of amides is 1. The Morgan fingerprint density at radius 2 is 2.16 bits per heavy atom. The van der Waals surface area contributed by atoms with Crippen molar-refractivity contribution in [3.63, 3.8) is 0 Å². The van der Waals surface area contributed by atoms with Crippen LogP contribution >= 0.6 is 0 Å². The quantitative estimate of drug-likeness (QED) is 0.680. The highest BCUT2D eigenvalue weighted by Gasteiger charge is 2.39. The number of carbonyl (C=O) groups excluding carboxylic acids is 1. The van der Waals surface area contributed by atoms with E-state index in [4.69, 9.17) is 5.73 Å². The summed E-state index contributed by atoms with van der Waals surface area (Å²) >= 11 is 0. The molecule has 2 heterocycles. The first kappa shape index (κ1) is 13.0. The van der Waals surface area contributed by atoms with Crippen molar-refractivity contribution in [1.82, 2.24) is 10.3 Å². The molecule has 0 saturated carbocycles. The zero-order valence-corrected chi connectivity index (χ0v) is 10.3. The lowest BCUT2D eigenvalue weighted by Gasteiger charge is -2.35.